The molecule has 0 saturated heterocycles. The fourth-order valence-corrected chi connectivity index (χ4v) is 2.58. The Hall–Kier alpha value is -1.34. The zero-order chi connectivity index (χ0) is 15.5. The van der Waals surface area contributed by atoms with E-state index in [1.165, 1.54) is 6.07 Å². The van der Waals surface area contributed by atoms with E-state index >= 15 is 0 Å². The molecular weight excluding hydrogens is 347 g/mol. The van der Waals surface area contributed by atoms with Crippen molar-refractivity contribution in [2.45, 2.75) is 25.6 Å². The van der Waals surface area contributed by atoms with Crippen molar-refractivity contribution in [2.75, 3.05) is 6.54 Å². The van der Waals surface area contributed by atoms with E-state index in [2.05, 4.69) is 31.2 Å². The fraction of sp³-hybridized carbons (Fsp3) is 0.357. The molecule has 2 N–H and O–H groups in total. The predicted molar refractivity (Wildman–Crippen MR) is 77.9 cm³/mol. The van der Waals surface area contributed by atoms with Gasteiger partial charge < -0.3 is 10.3 Å². The number of aromatic amines is 1. The Kier molecular flexibility index (Phi) is 5.05. The van der Waals surface area contributed by atoms with Crippen LogP contribution < -0.4 is 5.32 Å². The van der Waals surface area contributed by atoms with E-state index in [1.807, 2.05) is 6.92 Å². The van der Waals surface area contributed by atoms with Gasteiger partial charge in [-0.1, -0.05) is 28.9 Å². The van der Waals surface area contributed by atoms with Gasteiger partial charge in [-0.25, -0.2) is 4.98 Å². The van der Waals surface area contributed by atoms with E-state index < -0.39 is 17.8 Å². The van der Waals surface area contributed by atoms with Gasteiger partial charge in [0.05, 0.1) is 5.56 Å². The Balaban J connectivity index is 2.40. The maximum Gasteiger partial charge on any atom is 0.416 e. The minimum absolute atomic E-state index is 0.226. The quantitative estimate of drug-likeness (QED) is 0.842. The molecule has 21 heavy (non-hydrogen) atoms. The lowest BCUT2D eigenvalue weighted by Gasteiger charge is -2.22. The molecule has 1 unspecified atom stereocenters. The van der Waals surface area contributed by atoms with Crippen LogP contribution in [0.4, 0.5) is 13.2 Å². The molecule has 1 heterocycles. The van der Waals surface area contributed by atoms with Crippen LogP contribution in [-0.2, 0) is 12.6 Å². The molecule has 0 aliphatic carbocycles. The van der Waals surface area contributed by atoms with Gasteiger partial charge in [0, 0.05) is 29.3 Å². The largest absolute Gasteiger partial charge is 0.416 e. The van der Waals surface area contributed by atoms with Crippen molar-refractivity contribution in [1.82, 2.24) is 15.3 Å². The summed E-state index contributed by atoms with van der Waals surface area (Å²) in [7, 11) is 0. The number of rotatable bonds is 5. The Labute approximate surface area is 129 Å². The van der Waals surface area contributed by atoms with Crippen molar-refractivity contribution in [3.63, 3.8) is 0 Å². The summed E-state index contributed by atoms with van der Waals surface area (Å²) in [4.78, 5) is 7.01. The van der Waals surface area contributed by atoms with Crippen molar-refractivity contribution < 1.29 is 13.2 Å². The summed E-state index contributed by atoms with van der Waals surface area (Å²) in [5.41, 5.74) is -0.404. The third-order valence-electron chi connectivity index (χ3n) is 3.10. The van der Waals surface area contributed by atoms with Gasteiger partial charge >= 0.3 is 6.18 Å². The molecule has 114 valence electrons. The third-order valence-corrected chi connectivity index (χ3v) is 3.59. The number of nitrogens with zero attached hydrogens (tertiary/aromatic N) is 1. The minimum Gasteiger partial charge on any atom is -0.349 e. The zero-order valence-electron chi connectivity index (χ0n) is 11.3. The molecule has 0 amide bonds. The van der Waals surface area contributed by atoms with E-state index in [0.717, 1.165) is 6.07 Å². The van der Waals surface area contributed by atoms with Crippen molar-refractivity contribution >= 4 is 15.9 Å². The lowest BCUT2D eigenvalue weighted by atomic mass is 9.97. The van der Waals surface area contributed by atoms with E-state index in [0.29, 0.717) is 23.3 Å². The van der Waals surface area contributed by atoms with Crippen LogP contribution in [0, 0.1) is 0 Å². The van der Waals surface area contributed by atoms with Crippen LogP contribution in [-0.4, -0.2) is 16.5 Å². The Morgan fingerprint density at radius 2 is 2.14 bits per heavy atom. The molecule has 3 nitrogen and oxygen atoms in total. The molecule has 2 rings (SSSR count). The molecule has 1 aromatic carbocycles. The van der Waals surface area contributed by atoms with Crippen LogP contribution in [0.3, 0.4) is 0 Å². The smallest absolute Gasteiger partial charge is 0.349 e. The van der Waals surface area contributed by atoms with Gasteiger partial charge in [0.25, 0.3) is 0 Å². The van der Waals surface area contributed by atoms with Gasteiger partial charge in [-0.3, -0.25) is 0 Å². The number of aromatic nitrogens is 2. The van der Waals surface area contributed by atoms with Crippen molar-refractivity contribution in [3.8, 4) is 0 Å². The highest BCUT2D eigenvalue weighted by Gasteiger charge is 2.35. The van der Waals surface area contributed by atoms with Crippen LogP contribution in [0.2, 0.25) is 0 Å². The number of likely N-dealkylation sites (N-methyl/N-ethyl adjacent to an activating group) is 1. The minimum atomic E-state index is -4.39. The van der Waals surface area contributed by atoms with Gasteiger partial charge in [-0.15, -0.1) is 0 Å². The molecule has 1 atom stereocenters. The number of hydrogen-bond acceptors (Lipinski definition) is 2. The number of H-pyrrole nitrogens is 1. The van der Waals surface area contributed by atoms with Gasteiger partial charge in [0.1, 0.15) is 5.82 Å². The van der Waals surface area contributed by atoms with Gasteiger partial charge in [-0.2, -0.15) is 13.2 Å². The highest BCUT2D eigenvalue weighted by Crippen LogP contribution is 2.37. The Morgan fingerprint density at radius 1 is 1.38 bits per heavy atom. The monoisotopic (exact) mass is 361 g/mol. The molecule has 2 aromatic rings. The van der Waals surface area contributed by atoms with Crippen LogP contribution in [0.15, 0.2) is 35.1 Å². The van der Waals surface area contributed by atoms with Gasteiger partial charge in [0.2, 0.25) is 0 Å². The summed E-state index contributed by atoms with van der Waals surface area (Å²) in [5, 5.41) is 3.09. The molecule has 0 aliphatic heterocycles. The molecule has 0 fully saturated rings. The summed E-state index contributed by atoms with van der Waals surface area (Å²) in [5.74, 6) is 0.650. The van der Waals surface area contributed by atoms with Gasteiger partial charge in [-0.05, 0) is 24.2 Å². The van der Waals surface area contributed by atoms with Crippen LogP contribution in [0.1, 0.15) is 29.9 Å². The zero-order valence-corrected chi connectivity index (χ0v) is 12.9. The highest BCUT2D eigenvalue weighted by atomic mass is 79.9. The highest BCUT2D eigenvalue weighted by molar-refractivity contribution is 9.10. The number of hydrogen-bond donors (Lipinski definition) is 2. The van der Waals surface area contributed by atoms with E-state index in [1.54, 1.807) is 18.5 Å². The molecule has 0 spiro atoms. The van der Waals surface area contributed by atoms with Crippen LogP contribution in [0.25, 0.3) is 0 Å². The Bertz CT molecular complexity index is 582. The number of halogens is 4. The number of alkyl halides is 3. The molecule has 0 saturated carbocycles. The molecular formula is C14H15BrF3N3. The van der Waals surface area contributed by atoms with Crippen molar-refractivity contribution in [2.24, 2.45) is 0 Å². The summed E-state index contributed by atoms with van der Waals surface area (Å²) < 4.78 is 40.1. The van der Waals surface area contributed by atoms with Crippen LogP contribution in [0.5, 0.6) is 0 Å². The number of benzene rings is 1. The first-order chi connectivity index (χ1) is 9.91. The predicted octanol–water partition coefficient (Wildman–Crippen LogP) is 4.08. The van der Waals surface area contributed by atoms with Crippen molar-refractivity contribution in [3.05, 3.63) is 52.0 Å². The van der Waals surface area contributed by atoms with Gasteiger partial charge in [0.15, 0.2) is 0 Å². The standard InChI is InChI=1S/C14H15BrF3N3/c1-2-19-12(8-13-20-5-6-21-13)10-4-3-9(15)7-11(10)14(16,17)18/h3-7,12,19H,2,8H2,1H3,(H,20,21). The summed E-state index contributed by atoms with van der Waals surface area (Å²) in [6.45, 7) is 2.43. The average Bonchev–Trinajstić information content (AvgIpc) is 2.90. The SMILES string of the molecule is CCNC(Cc1ncc[nH]1)c1ccc(Br)cc1C(F)(F)F. The molecule has 0 aliphatic rings. The molecule has 0 bridgehead atoms. The third kappa shape index (κ3) is 4.07. The lowest BCUT2D eigenvalue weighted by molar-refractivity contribution is -0.138. The first kappa shape index (κ1) is 16.0. The first-order valence-corrected chi connectivity index (χ1v) is 7.29. The normalized spacial score (nSPS) is 13.4. The molecule has 1 aromatic heterocycles. The maximum atomic E-state index is 13.2. The summed E-state index contributed by atoms with van der Waals surface area (Å²) in [6.07, 6.45) is -0.781. The first-order valence-electron chi connectivity index (χ1n) is 6.50. The molecule has 0 radical (unpaired) electrons. The number of nitrogens with one attached hydrogen (secondary N) is 2. The second-order valence-electron chi connectivity index (χ2n) is 4.58. The topological polar surface area (TPSA) is 40.7 Å². The van der Waals surface area contributed by atoms with E-state index in [-0.39, 0.29) is 5.56 Å². The lowest BCUT2D eigenvalue weighted by Crippen LogP contribution is -2.26. The van der Waals surface area contributed by atoms with Crippen molar-refractivity contribution in [1.29, 1.82) is 0 Å². The Morgan fingerprint density at radius 3 is 2.71 bits per heavy atom. The second kappa shape index (κ2) is 6.62. The average molecular weight is 362 g/mol. The second-order valence-corrected chi connectivity index (χ2v) is 5.50. The number of imidazole rings is 1. The van der Waals surface area contributed by atoms with E-state index in [4.69, 9.17) is 0 Å². The summed E-state index contributed by atoms with van der Waals surface area (Å²) in [6, 6.07) is 3.79. The summed E-state index contributed by atoms with van der Waals surface area (Å²) >= 11 is 3.10. The van der Waals surface area contributed by atoms with Crippen LogP contribution >= 0.6 is 15.9 Å². The fourth-order valence-electron chi connectivity index (χ4n) is 2.22. The maximum absolute atomic E-state index is 13.2. The molecule has 7 heteroatoms. The van der Waals surface area contributed by atoms with E-state index in [9.17, 15) is 13.2 Å².